The number of rotatable bonds is 3. The molecular weight excluding hydrogens is 370 g/mol. The summed E-state index contributed by atoms with van der Waals surface area (Å²) in [5.74, 6) is -0.333. The van der Waals surface area contributed by atoms with Crippen molar-refractivity contribution < 1.29 is 18.7 Å². The minimum Gasteiger partial charge on any atom is -0.392 e. The van der Waals surface area contributed by atoms with Crippen LogP contribution in [0.15, 0.2) is 47.4 Å². The molecule has 4 rings (SSSR count). The van der Waals surface area contributed by atoms with E-state index in [-0.39, 0.29) is 31.0 Å². The Morgan fingerprint density at radius 3 is 2.89 bits per heavy atom. The molecule has 142 valence electrons. The molecule has 7 heteroatoms. The number of halogens is 2. The largest absolute Gasteiger partial charge is 0.392 e. The predicted octanol–water partition coefficient (Wildman–Crippen LogP) is 3.21. The van der Waals surface area contributed by atoms with Crippen molar-refractivity contribution in [3.63, 3.8) is 0 Å². The lowest BCUT2D eigenvalue weighted by atomic mass is 10.0. The second kappa shape index (κ2) is 7.58. The molecule has 2 aliphatic rings. The molecule has 2 aromatic carbocycles. The van der Waals surface area contributed by atoms with Crippen LogP contribution < -0.4 is 4.90 Å². The number of fused-ring (bicyclic) bond motifs is 1. The fourth-order valence-electron chi connectivity index (χ4n) is 3.84. The van der Waals surface area contributed by atoms with Crippen LogP contribution in [-0.4, -0.2) is 47.4 Å². The van der Waals surface area contributed by atoms with Crippen LogP contribution in [-0.2, 0) is 4.79 Å². The van der Waals surface area contributed by atoms with Gasteiger partial charge in [-0.2, -0.15) is 0 Å². The highest BCUT2D eigenvalue weighted by atomic mass is 32.2. The molecule has 0 saturated carbocycles. The molecule has 1 N–H and O–H groups in total. The van der Waals surface area contributed by atoms with E-state index in [1.807, 2.05) is 24.3 Å². The summed E-state index contributed by atoms with van der Waals surface area (Å²) in [7, 11) is 0. The number of carbonyl (C=O) groups excluding carboxylic acids is 1. The van der Waals surface area contributed by atoms with E-state index in [2.05, 4.69) is 0 Å². The van der Waals surface area contributed by atoms with Crippen LogP contribution in [0.1, 0.15) is 18.0 Å². The fourth-order valence-corrected chi connectivity index (χ4v) is 4.83. The maximum absolute atomic E-state index is 14.2. The summed E-state index contributed by atoms with van der Waals surface area (Å²) in [6.45, 7) is 0.920. The van der Waals surface area contributed by atoms with E-state index in [1.165, 1.54) is 0 Å². The first-order chi connectivity index (χ1) is 13.0. The number of thioether (sulfide) groups is 1. The number of hydrogen-bond donors (Lipinski definition) is 1. The topological polar surface area (TPSA) is 43.8 Å². The van der Waals surface area contributed by atoms with Crippen LogP contribution in [0.3, 0.4) is 0 Å². The first-order valence-corrected chi connectivity index (χ1v) is 9.91. The first kappa shape index (κ1) is 18.4. The van der Waals surface area contributed by atoms with Crippen LogP contribution in [0.4, 0.5) is 14.5 Å². The van der Waals surface area contributed by atoms with Gasteiger partial charge in [-0.25, -0.2) is 8.78 Å². The molecule has 0 aromatic heterocycles. The lowest BCUT2D eigenvalue weighted by Crippen LogP contribution is -2.43. The lowest BCUT2D eigenvalue weighted by Gasteiger charge is -2.32. The molecule has 1 saturated heterocycles. The number of hydrogen-bond acceptors (Lipinski definition) is 4. The zero-order valence-corrected chi connectivity index (χ0v) is 15.5. The third-order valence-electron chi connectivity index (χ3n) is 5.07. The molecule has 27 heavy (non-hydrogen) atoms. The van der Waals surface area contributed by atoms with Gasteiger partial charge in [0.1, 0.15) is 11.6 Å². The minimum absolute atomic E-state index is 0.0523. The molecule has 0 radical (unpaired) electrons. The third-order valence-corrected chi connectivity index (χ3v) is 6.11. The Morgan fingerprint density at radius 1 is 1.22 bits per heavy atom. The Hall–Kier alpha value is -1.96. The Labute approximate surface area is 160 Å². The molecule has 1 amide bonds. The van der Waals surface area contributed by atoms with E-state index in [0.29, 0.717) is 6.54 Å². The number of likely N-dealkylation sites (tertiary alicyclic amines) is 1. The van der Waals surface area contributed by atoms with Gasteiger partial charge in [-0.05, 0) is 36.8 Å². The molecule has 0 bridgehead atoms. The van der Waals surface area contributed by atoms with Gasteiger partial charge in [0.25, 0.3) is 0 Å². The highest BCUT2D eigenvalue weighted by Gasteiger charge is 2.36. The number of amides is 1. The molecule has 0 unspecified atom stereocenters. The number of anilines is 1. The normalized spacial score (nSPS) is 22.7. The Kier molecular flexibility index (Phi) is 5.16. The molecule has 2 atom stereocenters. The van der Waals surface area contributed by atoms with Crippen molar-refractivity contribution in [2.24, 2.45) is 0 Å². The number of aliphatic hydroxyl groups is 1. The van der Waals surface area contributed by atoms with Crippen molar-refractivity contribution in [2.45, 2.75) is 23.5 Å². The van der Waals surface area contributed by atoms with Gasteiger partial charge < -0.3 is 10.0 Å². The summed E-state index contributed by atoms with van der Waals surface area (Å²) in [6, 6.07) is 10.5. The Balaban J connectivity index is 1.56. The fraction of sp³-hybridized carbons (Fsp3) is 0.350. The van der Waals surface area contributed by atoms with Crippen molar-refractivity contribution in [3.8, 4) is 0 Å². The molecule has 2 aromatic rings. The zero-order valence-electron chi connectivity index (χ0n) is 14.6. The summed E-state index contributed by atoms with van der Waals surface area (Å²) >= 11 is 1.72. The van der Waals surface area contributed by atoms with Crippen LogP contribution in [0.25, 0.3) is 0 Å². The number of carbonyl (C=O) groups is 1. The summed E-state index contributed by atoms with van der Waals surface area (Å²) < 4.78 is 27.9. The molecule has 1 fully saturated rings. The molecule has 0 spiro atoms. The number of benzene rings is 2. The van der Waals surface area contributed by atoms with E-state index >= 15 is 0 Å². The van der Waals surface area contributed by atoms with E-state index in [0.717, 1.165) is 34.5 Å². The summed E-state index contributed by atoms with van der Waals surface area (Å²) in [5, 5.41) is 10.1. The predicted molar refractivity (Wildman–Crippen MR) is 101 cm³/mol. The number of nitrogens with zero attached hydrogens (tertiary/aromatic N) is 2. The van der Waals surface area contributed by atoms with Gasteiger partial charge >= 0.3 is 0 Å². The average molecular weight is 390 g/mol. The van der Waals surface area contributed by atoms with E-state index < -0.39 is 23.8 Å². The second-order valence-corrected chi connectivity index (χ2v) is 8.00. The van der Waals surface area contributed by atoms with Gasteiger partial charge in [0.05, 0.1) is 18.3 Å². The standard InChI is InChI=1S/C20H20F2N2O2S/c21-13-5-6-16(22)15(9-13)18-10-14(25)11-23(18)12-20(26)24-7-8-27-19-4-2-1-3-17(19)24/h1-6,9,14,18,25H,7-8,10-12H2/t14-,18+/m1/s1. The first-order valence-electron chi connectivity index (χ1n) is 8.92. The Bertz CT molecular complexity index is 864. The highest BCUT2D eigenvalue weighted by molar-refractivity contribution is 7.99. The maximum Gasteiger partial charge on any atom is 0.241 e. The highest BCUT2D eigenvalue weighted by Crippen LogP contribution is 2.36. The van der Waals surface area contributed by atoms with Crippen molar-refractivity contribution in [1.29, 1.82) is 0 Å². The van der Waals surface area contributed by atoms with Gasteiger partial charge in [-0.3, -0.25) is 9.69 Å². The van der Waals surface area contributed by atoms with Crippen molar-refractivity contribution in [1.82, 2.24) is 4.90 Å². The van der Waals surface area contributed by atoms with E-state index in [4.69, 9.17) is 0 Å². The van der Waals surface area contributed by atoms with Crippen molar-refractivity contribution in [3.05, 3.63) is 59.7 Å². The number of aliphatic hydroxyl groups excluding tert-OH is 1. The number of β-amino-alcohol motifs (C(OH)–C–C–N with tert-alkyl or cyclic N) is 1. The SMILES string of the molecule is O=C(CN1C[C@H](O)C[C@H]1c1cc(F)ccc1F)N1CCSc2ccccc21. The van der Waals surface area contributed by atoms with Crippen LogP contribution in [0.5, 0.6) is 0 Å². The summed E-state index contributed by atoms with van der Waals surface area (Å²) in [4.78, 5) is 17.5. The quantitative estimate of drug-likeness (QED) is 0.874. The molecular formula is C20H20F2N2O2S. The maximum atomic E-state index is 14.2. The second-order valence-electron chi connectivity index (χ2n) is 6.86. The van der Waals surface area contributed by atoms with E-state index in [9.17, 15) is 18.7 Å². The van der Waals surface area contributed by atoms with Crippen molar-refractivity contribution >= 4 is 23.4 Å². The minimum atomic E-state index is -0.672. The van der Waals surface area contributed by atoms with Crippen LogP contribution >= 0.6 is 11.8 Å². The Morgan fingerprint density at radius 2 is 2.04 bits per heavy atom. The van der Waals surface area contributed by atoms with Crippen molar-refractivity contribution in [2.75, 3.05) is 30.3 Å². The van der Waals surface area contributed by atoms with Crippen LogP contribution in [0.2, 0.25) is 0 Å². The smallest absolute Gasteiger partial charge is 0.241 e. The van der Waals surface area contributed by atoms with Crippen LogP contribution in [0, 0.1) is 11.6 Å². The monoisotopic (exact) mass is 390 g/mol. The zero-order chi connectivity index (χ0) is 19.0. The van der Waals surface area contributed by atoms with Gasteiger partial charge in [0.2, 0.25) is 5.91 Å². The lowest BCUT2D eigenvalue weighted by molar-refractivity contribution is -0.120. The third kappa shape index (κ3) is 3.72. The van der Waals surface area contributed by atoms with Gasteiger partial charge in [-0.15, -0.1) is 11.8 Å². The van der Waals surface area contributed by atoms with E-state index in [1.54, 1.807) is 21.6 Å². The van der Waals surface area contributed by atoms with Gasteiger partial charge in [0, 0.05) is 35.3 Å². The molecule has 2 aliphatic heterocycles. The van der Waals surface area contributed by atoms with Gasteiger partial charge in [0.15, 0.2) is 0 Å². The summed E-state index contributed by atoms with van der Waals surface area (Å²) in [6.07, 6.45) is -0.394. The van der Waals surface area contributed by atoms with Gasteiger partial charge in [-0.1, -0.05) is 12.1 Å². The average Bonchev–Trinajstić information content (AvgIpc) is 3.03. The summed E-state index contributed by atoms with van der Waals surface area (Å²) in [5.41, 5.74) is 1.07. The molecule has 0 aliphatic carbocycles. The molecule has 4 nitrogen and oxygen atoms in total. The molecule has 2 heterocycles. The number of para-hydroxylation sites is 1.